The second-order valence-electron chi connectivity index (χ2n) is 6.33. The molecule has 0 bridgehead atoms. The van der Waals surface area contributed by atoms with Gasteiger partial charge in [-0.15, -0.1) is 0 Å². The van der Waals surface area contributed by atoms with Crippen LogP contribution in [0.2, 0.25) is 0 Å². The van der Waals surface area contributed by atoms with Crippen LogP contribution in [-0.4, -0.2) is 24.2 Å². The Kier molecular flexibility index (Phi) is 4.71. The van der Waals surface area contributed by atoms with Crippen LogP contribution < -0.4 is 4.72 Å². The SMILES string of the molecule is CC1=NCC(NSc2ccccc2-c2ccc(C3=NN=CC3)cc2)=C1C. The summed E-state index contributed by atoms with van der Waals surface area (Å²) in [5, 5.41) is 8.12. The first-order valence-electron chi connectivity index (χ1n) is 8.64. The molecule has 26 heavy (non-hydrogen) atoms. The number of aliphatic imine (C=N–C) groups is 1. The molecule has 0 fully saturated rings. The van der Waals surface area contributed by atoms with Gasteiger partial charge in [0.2, 0.25) is 0 Å². The lowest BCUT2D eigenvalue weighted by Crippen LogP contribution is -2.07. The monoisotopic (exact) mass is 360 g/mol. The molecular formula is C21H20N4S. The highest BCUT2D eigenvalue weighted by molar-refractivity contribution is 7.97. The quantitative estimate of drug-likeness (QED) is 0.773. The first-order chi connectivity index (χ1) is 12.7. The van der Waals surface area contributed by atoms with Gasteiger partial charge in [0.15, 0.2) is 0 Å². The second kappa shape index (κ2) is 7.30. The van der Waals surface area contributed by atoms with Crippen molar-refractivity contribution in [3.05, 3.63) is 65.4 Å². The van der Waals surface area contributed by atoms with Crippen molar-refractivity contribution in [1.29, 1.82) is 0 Å². The molecule has 0 aliphatic carbocycles. The molecule has 5 heteroatoms. The van der Waals surface area contributed by atoms with Crippen molar-refractivity contribution in [2.45, 2.75) is 25.2 Å². The van der Waals surface area contributed by atoms with Crippen LogP contribution in [0.5, 0.6) is 0 Å². The maximum absolute atomic E-state index is 4.48. The Morgan fingerprint density at radius 3 is 2.42 bits per heavy atom. The molecule has 0 unspecified atom stereocenters. The Morgan fingerprint density at radius 1 is 0.962 bits per heavy atom. The van der Waals surface area contributed by atoms with Crippen LogP contribution in [0, 0.1) is 0 Å². The largest absolute Gasteiger partial charge is 0.327 e. The number of nitrogens with one attached hydrogen (secondary N) is 1. The van der Waals surface area contributed by atoms with Gasteiger partial charge < -0.3 is 4.72 Å². The first-order valence-corrected chi connectivity index (χ1v) is 9.46. The fourth-order valence-corrected chi connectivity index (χ4v) is 3.86. The smallest absolute Gasteiger partial charge is 0.0801 e. The first kappa shape index (κ1) is 16.8. The van der Waals surface area contributed by atoms with Crippen molar-refractivity contribution in [3.63, 3.8) is 0 Å². The molecule has 0 radical (unpaired) electrons. The molecule has 2 aromatic carbocycles. The van der Waals surface area contributed by atoms with Crippen LogP contribution in [0.15, 0.2) is 79.9 Å². The van der Waals surface area contributed by atoms with Crippen molar-refractivity contribution < 1.29 is 0 Å². The highest BCUT2D eigenvalue weighted by atomic mass is 32.2. The van der Waals surface area contributed by atoms with Gasteiger partial charge in [0, 0.05) is 28.9 Å². The zero-order valence-electron chi connectivity index (χ0n) is 14.9. The molecule has 4 nitrogen and oxygen atoms in total. The van der Waals surface area contributed by atoms with E-state index in [1.165, 1.54) is 27.3 Å². The van der Waals surface area contributed by atoms with Crippen LogP contribution in [0.25, 0.3) is 11.1 Å². The van der Waals surface area contributed by atoms with E-state index in [0.717, 1.165) is 30.0 Å². The van der Waals surface area contributed by atoms with E-state index in [2.05, 4.69) is 82.3 Å². The van der Waals surface area contributed by atoms with Gasteiger partial charge >= 0.3 is 0 Å². The zero-order valence-corrected chi connectivity index (χ0v) is 15.7. The Bertz CT molecular complexity index is 952. The third-order valence-electron chi connectivity index (χ3n) is 4.71. The number of hydrogen-bond donors (Lipinski definition) is 1. The summed E-state index contributed by atoms with van der Waals surface area (Å²) in [6, 6.07) is 17.0. The highest BCUT2D eigenvalue weighted by Crippen LogP contribution is 2.31. The minimum absolute atomic E-state index is 0.742. The van der Waals surface area contributed by atoms with Crippen molar-refractivity contribution in [3.8, 4) is 11.1 Å². The van der Waals surface area contributed by atoms with Gasteiger partial charge in [0.05, 0.1) is 12.3 Å². The lowest BCUT2D eigenvalue weighted by Gasteiger charge is -2.12. The van der Waals surface area contributed by atoms with Crippen LogP contribution in [0.4, 0.5) is 0 Å². The summed E-state index contributed by atoms with van der Waals surface area (Å²) in [5.74, 6) is 0. The highest BCUT2D eigenvalue weighted by Gasteiger charge is 2.13. The zero-order chi connectivity index (χ0) is 17.9. The number of benzene rings is 2. The van der Waals surface area contributed by atoms with Crippen LogP contribution in [-0.2, 0) is 0 Å². The molecule has 2 aromatic rings. The summed E-state index contributed by atoms with van der Waals surface area (Å²) in [6.45, 7) is 4.92. The summed E-state index contributed by atoms with van der Waals surface area (Å²) >= 11 is 1.65. The molecule has 1 N–H and O–H groups in total. The third-order valence-corrected chi connectivity index (χ3v) is 5.64. The van der Waals surface area contributed by atoms with Crippen molar-refractivity contribution in [1.82, 2.24) is 4.72 Å². The van der Waals surface area contributed by atoms with Crippen molar-refractivity contribution in [2.75, 3.05) is 6.54 Å². The van der Waals surface area contributed by atoms with Gasteiger partial charge in [-0.2, -0.15) is 10.2 Å². The Morgan fingerprint density at radius 2 is 1.73 bits per heavy atom. The second-order valence-corrected chi connectivity index (χ2v) is 7.18. The fourth-order valence-electron chi connectivity index (χ4n) is 2.97. The summed E-state index contributed by atoms with van der Waals surface area (Å²) in [5.41, 5.74) is 8.14. The molecular weight excluding hydrogens is 340 g/mol. The molecule has 0 saturated heterocycles. The molecule has 0 spiro atoms. The van der Waals surface area contributed by atoms with Crippen LogP contribution >= 0.6 is 11.9 Å². The molecule has 0 aromatic heterocycles. The van der Waals surface area contributed by atoms with E-state index < -0.39 is 0 Å². The topological polar surface area (TPSA) is 49.1 Å². The number of nitrogens with zero attached hydrogens (tertiary/aromatic N) is 3. The Hall–Kier alpha value is -2.66. The molecule has 0 atom stereocenters. The number of allylic oxidation sites excluding steroid dienone is 1. The van der Waals surface area contributed by atoms with Crippen molar-refractivity contribution in [2.24, 2.45) is 15.2 Å². The van der Waals surface area contributed by atoms with Gasteiger partial charge in [-0.3, -0.25) is 4.99 Å². The van der Waals surface area contributed by atoms with Crippen LogP contribution in [0.3, 0.4) is 0 Å². The average Bonchev–Trinajstić information content (AvgIpc) is 3.32. The summed E-state index contributed by atoms with van der Waals surface area (Å²) in [4.78, 5) is 5.68. The number of rotatable bonds is 5. The maximum Gasteiger partial charge on any atom is 0.0801 e. The molecule has 0 amide bonds. The molecule has 2 heterocycles. The molecule has 0 saturated carbocycles. The predicted molar refractivity (Wildman–Crippen MR) is 111 cm³/mol. The van der Waals surface area contributed by atoms with E-state index in [1.807, 2.05) is 6.21 Å². The normalized spacial score (nSPS) is 16.1. The van der Waals surface area contributed by atoms with Gasteiger partial charge in [-0.25, -0.2) is 0 Å². The Labute approximate surface area is 158 Å². The molecule has 130 valence electrons. The van der Waals surface area contributed by atoms with Crippen LogP contribution in [0.1, 0.15) is 25.8 Å². The molecule has 4 rings (SSSR count). The minimum Gasteiger partial charge on any atom is -0.327 e. The number of hydrogen-bond acceptors (Lipinski definition) is 5. The van der Waals surface area contributed by atoms with Gasteiger partial charge in [-0.1, -0.05) is 42.5 Å². The molecule has 2 aliphatic heterocycles. The predicted octanol–water partition coefficient (Wildman–Crippen LogP) is 4.88. The Balaban J connectivity index is 1.54. The summed E-state index contributed by atoms with van der Waals surface area (Å²) in [7, 11) is 0. The van der Waals surface area contributed by atoms with E-state index in [-0.39, 0.29) is 0 Å². The van der Waals surface area contributed by atoms with Gasteiger partial charge in [0.25, 0.3) is 0 Å². The summed E-state index contributed by atoms with van der Waals surface area (Å²) in [6.07, 6.45) is 2.65. The van der Waals surface area contributed by atoms with E-state index >= 15 is 0 Å². The standard InChI is InChI=1S/C21H20N4S/c1-14-15(2)22-13-20(14)25-26-21-6-4-3-5-18(21)16-7-9-17(10-8-16)19-11-12-23-24-19/h3-10,12,25H,11,13H2,1-2H3. The third kappa shape index (κ3) is 3.35. The van der Waals surface area contributed by atoms with E-state index in [4.69, 9.17) is 0 Å². The van der Waals surface area contributed by atoms with E-state index in [0.29, 0.717) is 0 Å². The van der Waals surface area contributed by atoms with Gasteiger partial charge in [-0.05, 0) is 54.1 Å². The average molecular weight is 360 g/mol. The van der Waals surface area contributed by atoms with E-state index in [1.54, 1.807) is 11.9 Å². The minimum atomic E-state index is 0.742. The van der Waals surface area contributed by atoms with Crippen molar-refractivity contribution >= 4 is 29.6 Å². The fraction of sp³-hybridized carbons (Fsp3) is 0.190. The lowest BCUT2D eigenvalue weighted by molar-refractivity contribution is 1.07. The lowest BCUT2D eigenvalue weighted by atomic mass is 10.0. The summed E-state index contributed by atoms with van der Waals surface area (Å²) < 4.78 is 3.49. The molecule has 2 aliphatic rings. The van der Waals surface area contributed by atoms with E-state index in [9.17, 15) is 0 Å². The van der Waals surface area contributed by atoms with Gasteiger partial charge in [0.1, 0.15) is 0 Å². The maximum atomic E-state index is 4.48.